The number of aromatic hydroxyl groups is 2. The summed E-state index contributed by atoms with van der Waals surface area (Å²) in [4.78, 5) is 13.8. The zero-order chi connectivity index (χ0) is 31.2. The predicted octanol–water partition coefficient (Wildman–Crippen LogP) is -2.12. The van der Waals surface area contributed by atoms with Gasteiger partial charge in [0.2, 0.25) is 23.8 Å². The Morgan fingerprint density at radius 1 is 0.860 bits per heavy atom. The van der Waals surface area contributed by atoms with E-state index < -0.39 is 84.2 Å². The molecule has 0 aliphatic carbocycles. The lowest BCUT2D eigenvalue weighted by Gasteiger charge is -2.39. The molecule has 9 N–H and O–H groups in total. The van der Waals surface area contributed by atoms with E-state index in [4.69, 9.17) is 28.1 Å². The molecule has 2 saturated heterocycles. The van der Waals surface area contributed by atoms with Gasteiger partial charge in [-0.05, 0) is 18.2 Å². The summed E-state index contributed by atoms with van der Waals surface area (Å²) in [6.45, 7) is -1.12. The number of benzene rings is 2. The van der Waals surface area contributed by atoms with Gasteiger partial charge >= 0.3 is 0 Å². The van der Waals surface area contributed by atoms with E-state index in [0.29, 0.717) is 0 Å². The van der Waals surface area contributed by atoms with Crippen molar-refractivity contribution in [2.45, 2.75) is 55.3 Å². The molecule has 5 rings (SSSR count). The second-order valence-electron chi connectivity index (χ2n) is 9.97. The van der Waals surface area contributed by atoms with Crippen LogP contribution < -0.4 is 19.6 Å². The third kappa shape index (κ3) is 5.67. The topological polar surface area (TPSA) is 258 Å². The Labute approximate surface area is 241 Å². The average molecular weight is 611 g/mol. The highest BCUT2D eigenvalue weighted by atomic mass is 16.7. The fourth-order valence-electron chi connectivity index (χ4n) is 4.74. The molecule has 0 bridgehead atoms. The molecule has 16 heteroatoms. The van der Waals surface area contributed by atoms with Crippen LogP contribution in [0.4, 0.5) is 0 Å². The molecule has 43 heavy (non-hydrogen) atoms. The standard InChI is InChI=1S/C27H30O16/c1-38-14-4-9(2-3-11(14)29)24-25(43-27-23(37)21(35)19(33)16(7-28)42-27)20(34)17-12(30)5-10(6-15(17)41-24)40-26-22(36)18(32)13(31)8-39-26/h2-6,13,16,18-19,21-23,26-33,35-37H,7-8H2,1H3/t13-,16-,18+,19-,21+,22-,23-,26+,27+/m1/s1. The molecule has 2 fully saturated rings. The number of hydrogen-bond donors (Lipinski definition) is 9. The third-order valence-corrected chi connectivity index (χ3v) is 7.14. The molecular weight excluding hydrogens is 580 g/mol. The van der Waals surface area contributed by atoms with Gasteiger partial charge < -0.3 is 74.1 Å². The summed E-state index contributed by atoms with van der Waals surface area (Å²) in [6.07, 6.45) is -14.6. The molecule has 3 heterocycles. The normalized spacial score (nSPS) is 31.1. The Kier molecular flexibility index (Phi) is 8.66. The molecule has 0 unspecified atom stereocenters. The quantitative estimate of drug-likeness (QED) is 0.138. The minimum absolute atomic E-state index is 0.0249. The fourth-order valence-corrected chi connectivity index (χ4v) is 4.74. The Balaban J connectivity index is 1.62. The SMILES string of the molecule is COc1cc(-c2oc3cc(O[C@@H]4OC[C@@H](O)[C@H](O)[C@H]4O)cc(O)c3c(=O)c2O[C@@H]2O[C@H](CO)[C@@H](O)[C@H](O)[C@H]2O)ccc1O. The van der Waals surface area contributed by atoms with E-state index in [2.05, 4.69) is 0 Å². The summed E-state index contributed by atoms with van der Waals surface area (Å²) >= 11 is 0. The van der Waals surface area contributed by atoms with E-state index in [9.17, 15) is 50.8 Å². The van der Waals surface area contributed by atoms with Crippen LogP contribution in [-0.2, 0) is 9.47 Å². The highest BCUT2D eigenvalue weighted by Crippen LogP contribution is 2.40. The third-order valence-electron chi connectivity index (χ3n) is 7.14. The van der Waals surface area contributed by atoms with Crippen LogP contribution in [0.3, 0.4) is 0 Å². The molecule has 0 amide bonds. The lowest BCUT2D eigenvalue weighted by molar-refractivity contribution is -0.277. The number of phenolic OH excluding ortho intramolecular Hbond substituents is 2. The number of aliphatic hydroxyl groups is 7. The minimum Gasteiger partial charge on any atom is -0.507 e. The first kappa shape index (κ1) is 30.7. The zero-order valence-electron chi connectivity index (χ0n) is 22.4. The number of fused-ring (bicyclic) bond motifs is 1. The van der Waals surface area contributed by atoms with Gasteiger partial charge in [-0.1, -0.05) is 0 Å². The molecule has 16 nitrogen and oxygen atoms in total. The first-order valence-electron chi connectivity index (χ1n) is 13.0. The molecule has 234 valence electrons. The summed E-state index contributed by atoms with van der Waals surface area (Å²) in [5, 5.41) is 90.7. The number of rotatable bonds is 7. The van der Waals surface area contributed by atoms with Crippen LogP contribution in [0.5, 0.6) is 28.7 Å². The van der Waals surface area contributed by atoms with Crippen molar-refractivity contribution in [3.8, 4) is 40.1 Å². The number of ether oxygens (including phenoxy) is 5. The van der Waals surface area contributed by atoms with Gasteiger partial charge in [0.25, 0.3) is 0 Å². The van der Waals surface area contributed by atoms with E-state index in [1.165, 1.54) is 31.4 Å². The Morgan fingerprint density at radius 3 is 2.28 bits per heavy atom. The molecule has 2 aliphatic heterocycles. The van der Waals surface area contributed by atoms with Gasteiger partial charge in [-0.3, -0.25) is 4.79 Å². The number of methoxy groups -OCH3 is 1. The summed E-state index contributed by atoms with van der Waals surface area (Å²) < 4.78 is 32.9. The second-order valence-corrected chi connectivity index (χ2v) is 9.97. The van der Waals surface area contributed by atoms with Gasteiger partial charge in [0, 0.05) is 17.7 Å². The molecule has 2 aromatic carbocycles. The number of hydrogen-bond acceptors (Lipinski definition) is 16. The highest BCUT2D eigenvalue weighted by molar-refractivity contribution is 5.88. The number of phenols is 2. The lowest BCUT2D eigenvalue weighted by atomic mass is 9.99. The summed E-state index contributed by atoms with van der Waals surface area (Å²) in [7, 11) is 1.28. The van der Waals surface area contributed by atoms with Gasteiger partial charge in [0.05, 0.1) is 20.3 Å². The van der Waals surface area contributed by atoms with Crippen molar-refractivity contribution >= 4 is 11.0 Å². The molecular formula is C27H30O16. The van der Waals surface area contributed by atoms with Crippen molar-refractivity contribution in [2.24, 2.45) is 0 Å². The summed E-state index contributed by atoms with van der Waals surface area (Å²) in [5.41, 5.74) is -1.16. The largest absolute Gasteiger partial charge is 0.507 e. The van der Waals surface area contributed by atoms with Crippen LogP contribution in [0.15, 0.2) is 39.5 Å². The van der Waals surface area contributed by atoms with Gasteiger partial charge in [0.1, 0.15) is 65.2 Å². The number of aliphatic hydroxyl groups excluding tert-OH is 7. The summed E-state index contributed by atoms with van der Waals surface area (Å²) in [6, 6.07) is 6.02. The molecule has 0 saturated carbocycles. The van der Waals surface area contributed by atoms with Crippen molar-refractivity contribution in [2.75, 3.05) is 20.3 Å². The van der Waals surface area contributed by atoms with E-state index >= 15 is 0 Å². The van der Waals surface area contributed by atoms with Crippen molar-refractivity contribution < 1.29 is 74.1 Å². The molecule has 1 aromatic heterocycles. The Morgan fingerprint density at radius 2 is 1.58 bits per heavy atom. The monoisotopic (exact) mass is 610 g/mol. The molecule has 2 aliphatic rings. The fraction of sp³-hybridized carbons (Fsp3) is 0.444. The minimum atomic E-state index is -1.89. The van der Waals surface area contributed by atoms with Crippen LogP contribution in [-0.4, -0.2) is 122 Å². The van der Waals surface area contributed by atoms with Gasteiger partial charge in [-0.2, -0.15) is 0 Å². The van der Waals surface area contributed by atoms with Gasteiger partial charge in [-0.15, -0.1) is 0 Å². The van der Waals surface area contributed by atoms with Crippen molar-refractivity contribution in [3.05, 3.63) is 40.6 Å². The maximum Gasteiger partial charge on any atom is 0.239 e. The predicted molar refractivity (Wildman–Crippen MR) is 141 cm³/mol. The maximum absolute atomic E-state index is 13.8. The Bertz CT molecular complexity index is 1520. The molecule has 9 atom stereocenters. The van der Waals surface area contributed by atoms with Crippen molar-refractivity contribution in [1.29, 1.82) is 0 Å². The van der Waals surface area contributed by atoms with Crippen molar-refractivity contribution in [1.82, 2.24) is 0 Å². The van der Waals surface area contributed by atoms with Crippen LogP contribution >= 0.6 is 0 Å². The molecule has 0 spiro atoms. The van der Waals surface area contributed by atoms with Crippen LogP contribution in [0, 0.1) is 0 Å². The second kappa shape index (κ2) is 12.1. The smallest absolute Gasteiger partial charge is 0.239 e. The van der Waals surface area contributed by atoms with Gasteiger partial charge in [-0.25, -0.2) is 0 Å². The first-order valence-corrected chi connectivity index (χ1v) is 13.0. The van der Waals surface area contributed by atoms with E-state index in [-0.39, 0.29) is 40.8 Å². The van der Waals surface area contributed by atoms with E-state index in [1.54, 1.807) is 0 Å². The average Bonchev–Trinajstić information content (AvgIpc) is 2.98. The first-order chi connectivity index (χ1) is 20.4. The molecule has 0 radical (unpaired) electrons. The van der Waals surface area contributed by atoms with Crippen LogP contribution in [0.2, 0.25) is 0 Å². The highest BCUT2D eigenvalue weighted by Gasteiger charge is 2.45. The van der Waals surface area contributed by atoms with Crippen LogP contribution in [0.1, 0.15) is 0 Å². The zero-order valence-corrected chi connectivity index (χ0v) is 22.4. The maximum atomic E-state index is 13.8. The molecule has 3 aromatic rings. The van der Waals surface area contributed by atoms with Crippen LogP contribution in [0.25, 0.3) is 22.3 Å². The van der Waals surface area contributed by atoms with E-state index in [1.807, 2.05) is 0 Å². The van der Waals surface area contributed by atoms with E-state index in [0.717, 1.165) is 6.07 Å². The van der Waals surface area contributed by atoms with Crippen molar-refractivity contribution in [3.63, 3.8) is 0 Å². The lowest BCUT2D eigenvalue weighted by Crippen LogP contribution is -2.60. The van der Waals surface area contributed by atoms with Gasteiger partial charge in [0.15, 0.2) is 17.3 Å². The summed E-state index contributed by atoms with van der Waals surface area (Å²) in [5.74, 6) is -2.08. The Hall–Kier alpha value is -3.71.